The number of rotatable bonds is 3. The van der Waals surface area contributed by atoms with Gasteiger partial charge in [-0.15, -0.1) is 5.92 Å². The van der Waals surface area contributed by atoms with Gasteiger partial charge in [-0.3, -0.25) is 4.79 Å². The van der Waals surface area contributed by atoms with Crippen LogP contribution in [0.2, 0.25) is 0 Å². The molecule has 1 saturated heterocycles. The Labute approximate surface area is 107 Å². The third-order valence-electron chi connectivity index (χ3n) is 2.95. The number of carbonyl (C=O) groups excluding carboxylic acids is 2. The van der Waals surface area contributed by atoms with Crippen LogP contribution in [0.25, 0.3) is 0 Å². The van der Waals surface area contributed by atoms with Gasteiger partial charge in [0, 0.05) is 11.5 Å². The minimum absolute atomic E-state index is 0.144. The van der Waals surface area contributed by atoms with Crippen LogP contribution >= 0.6 is 0 Å². The summed E-state index contributed by atoms with van der Waals surface area (Å²) >= 11 is 0. The predicted octanol–water partition coefficient (Wildman–Crippen LogP) is 1.84. The standard InChI is InChI=1S/C14H18O4/c1-5-7-14(4,18-13(16)10(2)3)11-6-8-17-12(15)9-11/h11H,2,6,8-9H2,1,3-4H3. The predicted molar refractivity (Wildman–Crippen MR) is 66.4 cm³/mol. The Bertz CT molecular complexity index is 427. The average molecular weight is 250 g/mol. The highest BCUT2D eigenvalue weighted by molar-refractivity contribution is 5.87. The van der Waals surface area contributed by atoms with E-state index in [1.807, 2.05) is 0 Å². The minimum atomic E-state index is -0.968. The van der Waals surface area contributed by atoms with Gasteiger partial charge < -0.3 is 9.47 Å². The van der Waals surface area contributed by atoms with Crippen molar-refractivity contribution in [2.75, 3.05) is 6.61 Å². The highest BCUT2D eigenvalue weighted by Gasteiger charge is 2.40. The number of carbonyl (C=O) groups is 2. The molecule has 0 amide bonds. The van der Waals surface area contributed by atoms with Crippen molar-refractivity contribution in [2.45, 2.75) is 39.2 Å². The molecule has 1 aliphatic rings. The van der Waals surface area contributed by atoms with E-state index in [4.69, 9.17) is 9.47 Å². The molecule has 1 heterocycles. The van der Waals surface area contributed by atoms with E-state index < -0.39 is 11.6 Å². The minimum Gasteiger partial charge on any atom is -0.466 e. The SMILES string of the molecule is C=C(C)C(=O)OC(C)(C#CC)C1CCOC(=O)C1. The number of cyclic esters (lactones) is 1. The summed E-state index contributed by atoms with van der Waals surface area (Å²) in [4.78, 5) is 23.0. The van der Waals surface area contributed by atoms with Crippen molar-refractivity contribution in [1.82, 2.24) is 0 Å². The van der Waals surface area contributed by atoms with Crippen molar-refractivity contribution in [3.63, 3.8) is 0 Å². The molecule has 98 valence electrons. The van der Waals surface area contributed by atoms with E-state index in [-0.39, 0.29) is 18.3 Å². The van der Waals surface area contributed by atoms with Crippen molar-refractivity contribution in [2.24, 2.45) is 5.92 Å². The molecule has 2 unspecified atom stereocenters. The molecule has 1 fully saturated rings. The molecular formula is C14H18O4. The fourth-order valence-electron chi connectivity index (χ4n) is 1.89. The lowest BCUT2D eigenvalue weighted by Gasteiger charge is -2.34. The molecule has 0 bridgehead atoms. The van der Waals surface area contributed by atoms with E-state index in [2.05, 4.69) is 18.4 Å². The number of hydrogen-bond acceptors (Lipinski definition) is 4. The van der Waals surface area contributed by atoms with Gasteiger partial charge in [-0.1, -0.05) is 12.5 Å². The molecule has 0 spiro atoms. The topological polar surface area (TPSA) is 52.6 Å². The van der Waals surface area contributed by atoms with Crippen LogP contribution in [0.5, 0.6) is 0 Å². The van der Waals surface area contributed by atoms with Gasteiger partial charge in [0.25, 0.3) is 0 Å². The van der Waals surface area contributed by atoms with Crippen LogP contribution in [0.3, 0.4) is 0 Å². The first-order valence-electron chi connectivity index (χ1n) is 5.87. The highest BCUT2D eigenvalue weighted by Crippen LogP contribution is 2.31. The molecule has 4 nitrogen and oxygen atoms in total. The Morgan fingerprint density at radius 2 is 2.28 bits per heavy atom. The maximum Gasteiger partial charge on any atom is 0.334 e. The summed E-state index contributed by atoms with van der Waals surface area (Å²) in [6.07, 6.45) is 0.856. The van der Waals surface area contributed by atoms with Crippen LogP contribution in [-0.2, 0) is 19.1 Å². The first kappa shape index (κ1) is 14.3. The second-order valence-electron chi connectivity index (χ2n) is 4.56. The molecular weight excluding hydrogens is 232 g/mol. The van der Waals surface area contributed by atoms with E-state index >= 15 is 0 Å². The van der Waals surface area contributed by atoms with Gasteiger partial charge in [-0.25, -0.2) is 4.79 Å². The van der Waals surface area contributed by atoms with Crippen molar-refractivity contribution >= 4 is 11.9 Å². The summed E-state index contributed by atoms with van der Waals surface area (Å²) in [5.41, 5.74) is -0.651. The zero-order valence-electron chi connectivity index (χ0n) is 11.0. The van der Waals surface area contributed by atoms with Gasteiger partial charge in [0.15, 0.2) is 5.60 Å². The van der Waals surface area contributed by atoms with E-state index in [1.54, 1.807) is 20.8 Å². The van der Waals surface area contributed by atoms with Crippen LogP contribution < -0.4 is 0 Å². The lowest BCUT2D eigenvalue weighted by molar-refractivity contribution is -0.163. The molecule has 2 atom stereocenters. The summed E-state index contributed by atoms with van der Waals surface area (Å²) in [5, 5.41) is 0. The van der Waals surface area contributed by atoms with Gasteiger partial charge in [-0.2, -0.15) is 0 Å². The summed E-state index contributed by atoms with van der Waals surface area (Å²) in [6.45, 7) is 8.87. The van der Waals surface area contributed by atoms with E-state index in [1.165, 1.54) is 0 Å². The summed E-state index contributed by atoms with van der Waals surface area (Å²) in [7, 11) is 0. The summed E-state index contributed by atoms with van der Waals surface area (Å²) < 4.78 is 10.3. The van der Waals surface area contributed by atoms with Crippen LogP contribution in [0.15, 0.2) is 12.2 Å². The molecule has 0 radical (unpaired) electrons. The van der Waals surface area contributed by atoms with Crippen LogP contribution in [0.1, 0.15) is 33.6 Å². The Hall–Kier alpha value is -1.76. The van der Waals surface area contributed by atoms with E-state index in [0.29, 0.717) is 18.6 Å². The van der Waals surface area contributed by atoms with Crippen molar-refractivity contribution < 1.29 is 19.1 Å². The first-order chi connectivity index (χ1) is 8.39. The quantitative estimate of drug-likeness (QED) is 0.436. The molecule has 1 rings (SSSR count). The smallest absolute Gasteiger partial charge is 0.334 e. The molecule has 0 aromatic heterocycles. The largest absolute Gasteiger partial charge is 0.466 e. The van der Waals surface area contributed by atoms with Crippen molar-refractivity contribution in [1.29, 1.82) is 0 Å². The monoisotopic (exact) mass is 250 g/mol. The van der Waals surface area contributed by atoms with E-state index in [0.717, 1.165) is 0 Å². The lowest BCUT2D eigenvalue weighted by Crippen LogP contribution is -2.42. The van der Waals surface area contributed by atoms with Crippen LogP contribution in [-0.4, -0.2) is 24.1 Å². The molecule has 0 aromatic carbocycles. The average Bonchev–Trinajstić information content (AvgIpc) is 2.29. The zero-order chi connectivity index (χ0) is 13.8. The third-order valence-corrected chi connectivity index (χ3v) is 2.95. The zero-order valence-corrected chi connectivity index (χ0v) is 11.0. The Morgan fingerprint density at radius 3 is 2.78 bits per heavy atom. The van der Waals surface area contributed by atoms with Crippen molar-refractivity contribution in [3.05, 3.63) is 12.2 Å². The Morgan fingerprint density at radius 1 is 1.61 bits per heavy atom. The number of esters is 2. The molecule has 0 saturated carbocycles. The molecule has 4 heteroatoms. The fourth-order valence-corrected chi connectivity index (χ4v) is 1.89. The van der Waals surface area contributed by atoms with Gasteiger partial charge in [0.05, 0.1) is 13.0 Å². The Kier molecular flexibility index (Phi) is 4.55. The first-order valence-corrected chi connectivity index (χ1v) is 5.87. The normalized spacial score (nSPS) is 21.9. The van der Waals surface area contributed by atoms with E-state index in [9.17, 15) is 9.59 Å². The lowest BCUT2D eigenvalue weighted by atomic mass is 9.83. The molecule has 18 heavy (non-hydrogen) atoms. The van der Waals surface area contributed by atoms with Crippen molar-refractivity contribution in [3.8, 4) is 11.8 Å². The highest BCUT2D eigenvalue weighted by atomic mass is 16.6. The third kappa shape index (κ3) is 3.36. The molecule has 0 aliphatic carbocycles. The summed E-state index contributed by atoms with van der Waals surface area (Å²) in [6, 6.07) is 0. The van der Waals surface area contributed by atoms with Gasteiger partial charge >= 0.3 is 11.9 Å². The maximum absolute atomic E-state index is 11.7. The molecule has 1 aliphatic heterocycles. The number of hydrogen-bond donors (Lipinski definition) is 0. The van der Waals surface area contributed by atoms with Gasteiger partial charge in [0.2, 0.25) is 0 Å². The number of ether oxygens (including phenoxy) is 2. The summed E-state index contributed by atoms with van der Waals surface area (Å²) in [5.74, 6) is 4.74. The Balaban J connectivity index is 2.90. The fraction of sp³-hybridized carbons (Fsp3) is 0.571. The van der Waals surface area contributed by atoms with Gasteiger partial charge in [0.1, 0.15) is 0 Å². The van der Waals surface area contributed by atoms with Gasteiger partial charge in [-0.05, 0) is 27.2 Å². The molecule has 0 aromatic rings. The molecule has 0 N–H and O–H groups in total. The second kappa shape index (κ2) is 5.72. The maximum atomic E-state index is 11.7. The second-order valence-corrected chi connectivity index (χ2v) is 4.56. The van der Waals surface area contributed by atoms with Crippen LogP contribution in [0, 0.1) is 17.8 Å². The van der Waals surface area contributed by atoms with Crippen LogP contribution in [0.4, 0.5) is 0 Å².